The predicted molar refractivity (Wildman–Crippen MR) is 84.5 cm³/mol. The van der Waals surface area contributed by atoms with E-state index < -0.39 is 5.97 Å². The number of carbonyl (C=O) groups is 2. The Labute approximate surface area is 132 Å². The van der Waals surface area contributed by atoms with E-state index in [1.165, 1.54) is 4.57 Å². The zero-order chi connectivity index (χ0) is 17.1. The van der Waals surface area contributed by atoms with Gasteiger partial charge < -0.3 is 15.6 Å². The molecule has 0 atom stereocenters. The number of benzene rings is 1. The highest BCUT2D eigenvalue weighted by Crippen LogP contribution is 2.22. The quantitative estimate of drug-likeness (QED) is 0.545. The van der Waals surface area contributed by atoms with Crippen molar-refractivity contribution in [3.05, 3.63) is 45.6 Å². The highest BCUT2D eigenvalue weighted by Gasteiger charge is 2.27. The van der Waals surface area contributed by atoms with Crippen molar-refractivity contribution in [1.29, 1.82) is 0 Å². The molecule has 3 heterocycles. The topological polar surface area (TPSA) is 112 Å². The van der Waals surface area contributed by atoms with Crippen LogP contribution < -0.4 is 11.3 Å². The first-order valence-corrected chi connectivity index (χ1v) is 7.29. The Hall–Kier alpha value is -2.83. The molecule has 7 heteroatoms. The Morgan fingerprint density at radius 1 is 1.30 bits per heavy atom. The molecule has 0 saturated heterocycles. The lowest BCUT2D eigenvalue weighted by Crippen LogP contribution is -2.16. The first-order chi connectivity index (χ1) is 10.9. The second-order valence-electron chi connectivity index (χ2n) is 5.02. The monoisotopic (exact) mass is 318 g/mol. The van der Waals surface area contributed by atoms with Gasteiger partial charge in [-0.25, -0.2) is 9.36 Å². The molecule has 4 rings (SSSR count). The molecule has 2 aliphatic heterocycles. The minimum absolute atomic E-state index is 0.112. The molecule has 0 radical (unpaired) electrons. The lowest BCUT2D eigenvalue weighted by atomic mass is 10.2. The van der Waals surface area contributed by atoms with Gasteiger partial charge in [-0.15, -0.1) is 0 Å². The molecule has 4 bridgehead atoms. The maximum atomic E-state index is 11.2. The summed E-state index contributed by atoms with van der Waals surface area (Å²) in [5.41, 5.74) is 6.91. The number of carboxylic acid groups (broad SMARTS) is 1. The molecule has 3 N–H and O–H groups in total. The lowest BCUT2D eigenvalue weighted by molar-refractivity contribution is -0.136. The second-order valence-corrected chi connectivity index (χ2v) is 5.02. The molecule has 0 spiro atoms. The van der Waals surface area contributed by atoms with Gasteiger partial charge in [-0.05, 0) is 31.5 Å². The third-order valence-corrected chi connectivity index (χ3v) is 3.42. The minimum atomic E-state index is -1.09. The van der Waals surface area contributed by atoms with Crippen molar-refractivity contribution in [2.75, 3.05) is 6.61 Å². The summed E-state index contributed by atoms with van der Waals surface area (Å²) in [7, 11) is 0. The average molecular weight is 318 g/mol. The average Bonchev–Trinajstić information content (AvgIpc) is 2.90. The largest absolute Gasteiger partial charge is 0.486 e. The van der Waals surface area contributed by atoms with Crippen LogP contribution in [0.4, 0.5) is 0 Å². The summed E-state index contributed by atoms with van der Waals surface area (Å²) < 4.78 is 6.09. The van der Waals surface area contributed by atoms with Gasteiger partial charge >= 0.3 is 5.97 Å². The maximum Gasteiger partial charge on any atom is 0.373 e. The summed E-state index contributed by atoms with van der Waals surface area (Å²) >= 11 is 0. The van der Waals surface area contributed by atoms with Crippen LogP contribution in [0, 0.1) is 0 Å². The molecule has 2 aromatic rings. The van der Waals surface area contributed by atoms with E-state index in [-0.39, 0.29) is 17.2 Å². The Morgan fingerprint density at radius 2 is 2.00 bits per heavy atom. The van der Waals surface area contributed by atoms with E-state index in [2.05, 4.69) is 0 Å². The molecular formula is C16H18N2O5. The van der Waals surface area contributed by atoms with E-state index in [0.29, 0.717) is 35.2 Å². The lowest BCUT2D eigenvalue weighted by Gasteiger charge is -2.07. The Balaban J connectivity index is 0.000000167. The SMILES string of the molecule is CCCC(N)=C(OCC)C(=O)O.O=C1c2cc3ccc2c(=O)n31. The summed E-state index contributed by atoms with van der Waals surface area (Å²) in [5.74, 6) is -1.37. The van der Waals surface area contributed by atoms with Crippen molar-refractivity contribution in [1.82, 2.24) is 4.57 Å². The molecule has 0 saturated carbocycles. The van der Waals surface area contributed by atoms with Crippen molar-refractivity contribution in [3.8, 4) is 0 Å². The summed E-state index contributed by atoms with van der Waals surface area (Å²) in [6, 6.07) is 5.23. The van der Waals surface area contributed by atoms with Crippen LogP contribution in [0.25, 0.3) is 10.9 Å². The number of ether oxygens (including phenoxy) is 1. The highest BCUT2D eigenvalue weighted by atomic mass is 16.5. The standard InChI is InChI=1S/C8H15NO3.C8H3NO2/c1-3-5-6(9)7(8(10)11)12-4-2;10-7-5-2-1-4-3-6(5)8(11)9(4)7/h3-5,9H2,1-2H3,(H,10,11);1-3H. The summed E-state index contributed by atoms with van der Waals surface area (Å²) in [6.45, 7) is 3.98. The smallest absolute Gasteiger partial charge is 0.373 e. The summed E-state index contributed by atoms with van der Waals surface area (Å²) in [5, 5.41) is 9.18. The van der Waals surface area contributed by atoms with Crippen molar-refractivity contribution in [2.45, 2.75) is 26.7 Å². The third-order valence-electron chi connectivity index (χ3n) is 3.42. The number of aromatic nitrogens is 1. The number of hydrogen-bond donors (Lipinski definition) is 2. The molecule has 2 aliphatic rings. The fraction of sp³-hybridized carbons (Fsp3) is 0.312. The number of allylic oxidation sites excluding steroid dienone is 1. The van der Waals surface area contributed by atoms with Gasteiger partial charge in [0.05, 0.1) is 28.8 Å². The van der Waals surface area contributed by atoms with Gasteiger partial charge in [0.25, 0.3) is 11.5 Å². The van der Waals surface area contributed by atoms with Gasteiger partial charge in [0, 0.05) is 0 Å². The van der Waals surface area contributed by atoms with Crippen LogP contribution in [0.2, 0.25) is 0 Å². The van der Waals surface area contributed by atoms with Crippen LogP contribution in [0.15, 0.2) is 34.4 Å². The van der Waals surface area contributed by atoms with E-state index in [0.717, 1.165) is 6.42 Å². The van der Waals surface area contributed by atoms with E-state index in [4.69, 9.17) is 15.6 Å². The Kier molecular flexibility index (Phi) is 4.68. The predicted octanol–water partition coefficient (Wildman–Crippen LogP) is 1.52. The number of fused-ring (bicyclic) bond motifs is 1. The third kappa shape index (κ3) is 2.90. The highest BCUT2D eigenvalue weighted by molar-refractivity contribution is 6.13. The molecule has 0 amide bonds. The number of nitrogens with two attached hydrogens (primary N) is 1. The van der Waals surface area contributed by atoms with Gasteiger partial charge in [-0.3, -0.25) is 9.59 Å². The molecule has 1 aromatic carbocycles. The number of rotatable bonds is 5. The van der Waals surface area contributed by atoms with Gasteiger partial charge in [0.15, 0.2) is 0 Å². The normalized spacial score (nSPS) is 13.0. The zero-order valence-electron chi connectivity index (χ0n) is 13.0. The summed E-state index contributed by atoms with van der Waals surface area (Å²) in [6.07, 6.45) is 1.37. The van der Waals surface area contributed by atoms with Crippen LogP contribution >= 0.6 is 0 Å². The van der Waals surface area contributed by atoms with Crippen LogP contribution in [-0.2, 0) is 9.53 Å². The van der Waals surface area contributed by atoms with Crippen LogP contribution in [0.5, 0.6) is 0 Å². The van der Waals surface area contributed by atoms with Crippen molar-refractivity contribution in [3.63, 3.8) is 0 Å². The minimum Gasteiger partial charge on any atom is -0.486 e. The first kappa shape index (κ1) is 16.5. The number of hydrogen-bond acceptors (Lipinski definition) is 5. The van der Waals surface area contributed by atoms with Crippen LogP contribution in [0.3, 0.4) is 0 Å². The number of pyridine rings is 2. The van der Waals surface area contributed by atoms with E-state index in [9.17, 15) is 14.4 Å². The van der Waals surface area contributed by atoms with Crippen molar-refractivity contribution < 1.29 is 19.4 Å². The van der Waals surface area contributed by atoms with Crippen molar-refractivity contribution in [2.24, 2.45) is 5.73 Å². The van der Waals surface area contributed by atoms with E-state index >= 15 is 0 Å². The molecule has 1 aromatic heterocycles. The molecule has 23 heavy (non-hydrogen) atoms. The van der Waals surface area contributed by atoms with Crippen LogP contribution in [-0.4, -0.2) is 28.2 Å². The molecule has 0 fully saturated rings. The number of carboxylic acids is 1. The zero-order valence-corrected chi connectivity index (χ0v) is 13.0. The van der Waals surface area contributed by atoms with Crippen LogP contribution in [0.1, 0.15) is 37.0 Å². The Bertz CT molecular complexity index is 834. The number of nitrogens with zero attached hydrogens (tertiary/aromatic N) is 1. The fourth-order valence-corrected chi connectivity index (χ4v) is 2.42. The molecule has 7 nitrogen and oxygen atoms in total. The first-order valence-electron chi connectivity index (χ1n) is 7.29. The molecular weight excluding hydrogens is 300 g/mol. The maximum absolute atomic E-state index is 11.2. The second kappa shape index (κ2) is 6.51. The van der Waals surface area contributed by atoms with Gasteiger partial charge in [-0.1, -0.05) is 13.3 Å². The molecule has 0 aliphatic carbocycles. The van der Waals surface area contributed by atoms with Gasteiger partial charge in [0.2, 0.25) is 5.76 Å². The summed E-state index contributed by atoms with van der Waals surface area (Å²) in [4.78, 5) is 32.9. The van der Waals surface area contributed by atoms with Gasteiger partial charge in [0.1, 0.15) is 0 Å². The Morgan fingerprint density at radius 3 is 2.39 bits per heavy atom. The number of carbonyl (C=O) groups excluding carboxylic acids is 1. The van der Waals surface area contributed by atoms with Gasteiger partial charge in [-0.2, -0.15) is 0 Å². The van der Waals surface area contributed by atoms with Crippen molar-refractivity contribution >= 4 is 22.8 Å². The fourth-order valence-electron chi connectivity index (χ4n) is 2.42. The molecule has 0 unspecified atom stereocenters. The van der Waals surface area contributed by atoms with E-state index in [1.54, 1.807) is 25.1 Å². The molecule has 122 valence electrons. The van der Waals surface area contributed by atoms with E-state index in [1.807, 2.05) is 6.92 Å². The number of aliphatic carboxylic acids is 1.